The maximum absolute atomic E-state index is 12.5. The van der Waals surface area contributed by atoms with Crippen LogP contribution in [0.15, 0.2) is 41.2 Å². The molecule has 100 valence electrons. The number of H-pyrrole nitrogens is 1. The lowest BCUT2D eigenvalue weighted by molar-refractivity contribution is 0.0699. The molecule has 0 aliphatic carbocycles. The number of hydrogen-bond donors (Lipinski definition) is 2. The predicted octanol–water partition coefficient (Wildman–Crippen LogP) is 2.39. The van der Waals surface area contributed by atoms with E-state index in [-0.39, 0.29) is 16.4 Å². The molecule has 0 atom stereocenters. The second kappa shape index (κ2) is 4.38. The molecular formula is C15H11NO4. The number of carbonyl (C=O) groups is 1. The van der Waals surface area contributed by atoms with Gasteiger partial charge in [0, 0.05) is 5.39 Å². The average molecular weight is 269 g/mol. The van der Waals surface area contributed by atoms with E-state index in [9.17, 15) is 14.7 Å². The molecule has 0 amide bonds. The average Bonchev–Trinajstić information content (AvgIpc) is 2.46. The van der Waals surface area contributed by atoms with Gasteiger partial charge in [-0.15, -0.1) is 0 Å². The van der Waals surface area contributed by atoms with Crippen LogP contribution >= 0.6 is 0 Å². The van der Waals surface area contributed by atoms with Crippen LogP contribution in [0, 0.1) is 0 Å². The molecule has 0 saturated carbocycles. The van der Waals surface area contributed by atoms with Crippen molar-refractivity contribution in [1.29, 1.82) is 0 Å². The zero-order valence-electron chi connectivity index (χ0n) is 10.6. The molecule has 20 heavy (non-hydrogen) atoms. The number of pyridine rings is 1. The molecule has 5 nitrogen and oxygen atoms in total. The topological polar surface area (TPSA) is 79.4 Å². The number of aromatic nitrogens is 1. The largest absolute Gasteiger partial charge is 0.495 e. The number of aromatic carboxylic acids is 1. The van der Waals surface area contributed by atoms with Gasteiger partial charge in [-0.2, -0.15) is 0 Å². The molecule has 1 aromatic heterocycles. The Bertz CT molecular complexity index is 895. The van der Waals surface area contributed by atoms with E-state index in [4.69, 9.17) is 4.74 Å². The Morgan fingerprint density at radius 1 is 1.20 bits per heavy atom. The Morgan fingerprint density at radius 2 is 1.95 bits per heavy atom. The van der Waals surface area contributed by atoms with Gasteiger partial charge in [0.1, 0.15) is 5.75 Å². The molecule has 0 saturated heterocycles. The summed E-state index contributed by atoms with van der Waals surface area (Å²) in [4.78, 5) is 26.9. The predicted molar refractivity (Wildman–Crippen MR) is 75.6 cm³/mol. The van der Waals surface area contributed by atoms with E-state index in [0.717, 1.165) is 0 Å². The first kappa shape index (κ1) is 12.2. The van der Waals surface area contributed by atoms with Gasteiger partial charge in [0.25, 0.3) is 0 Å². The number of ether oxygens (including phenoxy) is 1. The number of benzene rings is 2. The van der Waals surface area contributed by atoms with E-state index in [1.807, 2.05) is 0 Å². The molecule has 1 heterocycles. The number of hydrogen-bond acceptors (Lipinski definition) is 3. The maximum atomic E-state index is 12.5. The fourth-order valence-electron chi connectivity index (χ4n) is 2.37. The number of rotatable bonds is 2. The van der Waals surface area contributed by atoms with E-state index in [1.54, 1.807) is 30.3 Å². The second-order valence-electron chi connectivity index (χ2n) is 4.37. The summed E-state index contributed by atoms with van der Waals surface area (Å²) in [5.74, 6) is -0.578. The summed E-state index contributed by atoms with van der Waals surface area (Å²) < 4.78 is 5.22. The van der Waals surface area contributed by atoms with Gasteiger partial charge in [0.15, 0.2) is 5.43 Å². The summed E-state index contributed by atoms with van der Waals surface area (Å²) in [5.41, 5.74) is 0.723. The summed E-state index contributed by atoms with van der Waals surface area (Å²) in [6, 6.07) is 9.79. The van der Waals surface area contributed by atoms with Crippen molar-refractivity contribution >= 4 is 27.8 Å². The lowest BCUT2D eigenvalue weighted by atomic mass is 10.0. The molecule has 0 spiro atoms. The summed E-state index contributed by atoms with van der Waals surface area (Å²) in [6.45, 7) is 0. The van der Waals surface area contributed by atoms with Crippen LogP contribution in [-0.4, -0.2) is 23.2 Å². The molecule has 0 aliphatic heterocycles. The van der Waals surface area contributed by atoms with Crippen LogP contribution in [0.1, 0.15) is 10.4 Å². The van der Waals surface area contributed by atoms with Crippen LogP contribution in [0.3, 0.4) is 0 Å². The highest BCUT2D eigenvalue weighted by molar-refractivity contribution is 6.06. The second-order valence-corrected chi connectivity index (χ2v) is 4.37. The van der Waals surface area contributed by atoms with Gasteiger partial charge in [0.2, 0.25) is 0 Å². The van der Waals surface area contributed by atoms with Crippen LogP contribution in [0.4, 0.5) is 0 Å². The third-order valence-electron chi connectivity index (χ3n) is 3.27. The number of carboxylic acids is 1. The lowest BCUT2D eigenvalue weighted by Crippen LogP contribution is -2.10. The number of methoxy groups -OCH3 is 1. The van der Waals surface area contributed by atoms with Crippen LogP contribution in [-0.2, 0) is 0 Å². The zero-order chi connectivity index (χ0) is 14.3. The monoisotopic (exact) mass is 269 g/mol. The standard InChI is InChI=1S/C15H11NO4/c1-20-11-7-3-5-9-13(11)16-10-6-2-4-8(15(18)19)12(10)14(9)17/h2-7H,1H3,(H,16,17)(H,18,19). The minimum Gasteiger partial charge on any atom is -0.495 e. The molecule has 0 bridgehead atoms. The Balaban J connectivity index is 2.58. The molecule has 0 aliphatic rings. The highest BCUT2D eigenvalue weighted by Crippen LogP contribution is 2.24. The summed E-state index contributed by atoms with van der Waals surface area (Å²) >= 11 is 0. The number of para-hydroxylation sites is 1. The minimum absolute atomic E-state index is 0.00605. The van der Waals surface area contributed by atoms with Gasteiger partial charge in [0.05, 0.1) is 29.1 Å². The summed E-state index contributed by atoms with van der Waals surface area (Å²) in [7, 11) is 1.52. The van der Waals surface area contributed by atoms with E-state index in [0.29, 0.717) is 22.2 Å². The van der Waals surface area contributed by atoms with Gasteiger partial charge in [-0.1, -0.05) is 12.1 Å². The molecule has 3 rings (SSSR count). The third kappa shape index (κ3) is 1.64. The number of aromatic amines is 1. The Labute approximate surface area is 113 Å². The molecule has 5 heteroatoms. The van der Waals surface area contributed by atoms with Gasteiger partial charge in [-0.3, -0.25) is 4.79 Å². The van der Waals surface area contributed by atoms with Crippen molar-refractivity contribution < 1.29 is 14.6 Å². The van der Waals surface area contributed by atoms with Crippen molar-refractivity contribution in [1.82, 2.24) is 4.98 Å². The molecule has 0 fully saturated rings. The summed E-state index contributed by atoms with van der Waals surface area (Å²) in [5, 5.41) is 9.79. The van der Waals surface area contributed by atoms with Crippen molar-refractivity contribution in [2.24, 2.45) is 0 Å². The molecule has 2 aromatic carbocycles. The Kier molecular flexibility index (Phi) is 2.68. The minimum atomic E-state index is -1.12. The molecule has 0 radical (unpaired) electrons. The van der Waals surface area contributed by atoms with Crippen molar-refractivity contribution in [2.45, 2.75) is 0 Å². The third-order valence-corrected chi connectivity index (χ3v) is 3.27. The first-order valence-corrected chi connectivity index (χ1v) is 5.98. The van der Waals surface area contributed by atoms with E-state index in [1.165, 1.54) is 13.2 Å². The van der Waals surface area contributed by atoms with E-state index in [2.05, 4.69) is 4.98 Å². The summed E-state index contributed by atoms with van der Waals surface area (Å²) in [6.07, 6.45) is 0. The first-order valence-electron chi connectivity index (χ1n) is 5.98. The van der Waals surface area contributed by atoms with Gasteiger partial charge in [-0.05, 0) is 24.3 Å². The highest BCUT2D eigenvalue weighted by atomic mass is 16.5. The maximum Gasteiger partial charge on any atom is 0.336 e. The van der Waals surface area contributed by atoms with Gasteiger partial charge >= 0.3 is 5.97 Å². The van der Waals surface area contributed by atoms with Gasteiger partial charge in [-0.25, -0.2) is 4.79 Å². The first-order chi connectivity index (χ1) is 9.63. The zero-order valence-corrected chi connectivity index (χ0v) is 10.6. The van der Waals surface area contributed by atoms with E-state index >= 15 is 0 Å². The molecule has 2 N–H and O–H groups in total. The lowest BCUT2D eigenvalue weighted by Gasteiger charge is -2.08. The van der Waals surface area contributed by atoms with Crippen molar-refractivity contribution in [2.75, 3.05) is 7.11 Å². The van der Waals surface area contributed by atoms with Crippen molar-refractivity contribution in [3.63, 3.8) is 0 Å². The highest BCUT2D eigenvalue weighted by Gasteiger charge is 2.15. The Hall–Kier alpha value is -2.82. The Morgan fingerprint density at radius 3 is 2.65 bits per heavy atom. The normalized spacial score (nSPS) is 10.8. The van der Waals surface area contributed by atoms with Crippen molar-refractivity contribution in [3.8, 4) is 5.75 Å². The number of fused-ring (bicyclic) bond motifs is 2. The van der Waals surface area contributed by atoms with Crippen molar-refractivity contribution in [3.05, 3.63) is 52.2 Å². The van der Waals surface area contributed by atoms with Gasteiger partial charge < -0.3 is 14.8 Å². The fraction of sp³-hybridized carbons (Fsp3) is 0.0667. The van der Waals surface area contributed by atoms with Crippen LogP contribution < -0.4 is 10.2 Å². The SMILES string of the molecule is COc1cccc2c(=O)c3c(C(=O)O)cccc3[nH]c12. The molecule has 0 unspecified atom stereocenters. The number of carboxylic acid groups (broad SMARTS) is 1. The van der Waals surface area contributed by atoms with Crippen LogP contribution in [0.25, 0.3) is 21.8 Å². The van der Waals surface area contributed by atoms with Crippen LogP contribution in [0.5, 0.6) is 5.75 Å². The number of nitrogens with one attached hydrogen (secondary N) is 1. The van der Waals surface area contributed by atoms with E-state index < -0.39 is 5.97 Å². The molecule has 3 aromatic rings. The fourth-order valence-corrected chi connectivity index (χ4v) is 2.37. The molecular weight excluding hydrogens is 258 g/mol. The van der Waals surface area contributed by atoms with Crippen LogP contribution in [0.2, 0.25) is 0 Å². The smallest absolute Gasteiger partial charge is 0.336 e. The quantitative estimate of drug-likeness (QED) is 0.700.